The van der Waals surface area contributed by atoms with E-state index in [1.807, 2.05) is 0 Å². The van der Waals surface area contributed by atoms with Crippen LogP contribution >= 0.6 is 0 Å². The van der Waals surface area contributed by atoms with Crippen molar-refractivity contribution in [1.29, 1.82) is 0 Å². The van der Waals surface area contributed by atoms with Crippen LogP contribution < -0.4 is 5.32 Å². The second kappa shape index (κ2) is 7.68. The highest BCUT2D eigenvalue weighted by atomic mass is 15.1. The smallest absolute Gasteiger partial charge is 0.0342 e. The SMILES string of the molecule is CCCc1ccc(NC2CCN(CC(C)C)CC2)cc1. The Morgan fingerprint density at radius 1 is 1.15 bits per heavy atom. The minimum atomic E-state index is 0.649. The van der Waals surface area contributed by atoms with Gasteiger partial charge in [-0.1, -0.05) is 39.3 Å². The van der Waals surface area contributed by atoms with E-state index in [4.69, 9.17) is 0 Å². The monoisotopic (exact) mass is 274 g/mol. The van der Waals surface area contributed by atoms with Crippen molar-refractivity contribution in [3.8, 4) is 0 Å². The van der Waals surface area contributed by atoms with Gasteiger partial charge in [0.05, 0.1) is 0 Å². The van der Waals surface area contributed by atoms with Crippen LogP contribution in [0.5, 0.6) is 0 Å². The van der Waals surface area contributed by atoms with Crippen molar-refractivity contribution in [3.05, 3.63) is 29.8 Å². The molecule has 20 heavy (non-hydrogen) atoms. The minimum Gasteiger partial charge on any atom is -0.382 e. The highest BCUT2D eigenvalue weighted by Gasteiger charge is 2.19. The molecule has 0 radical (unpaired) electrons. The van der Waals surface area contributed by atoms with E-state index in [1.54, 1.807) is 0 Å². The topological polar surface area (TPSA) is 15.3 Å². The number of hydrogen-bond acceptors (Lipinski definition) is 2. The van der Waals surface area contributed by atoms with Gasteiger partial charge in [0.1, 0.15) is 0 Å². The maximum atomic E-state index is 3.70. The Hall–Kier alpha value is -1.02. The first kappa shape index (κ1) is 15.4. The molecular weight excluding hydrogens is 244 g/mol. The standard InChI is InChI=1S/C18H30N2/c1-4-5-16-6-8-17(9-7-16)19-18-10-12-20(13-11-18)14-15(2)3/h6-9,15,18-19H,4-5,10-14H2,1-3H3. The first-order chi connectivity index (χ1) is 9.67. The van der Waals surface area contributed by atoms with Gasteiger partial charge in [0.2, 0.25) is 0 Å². The summed E-state index contributed by atoms with van der Waals surface area (Å²) < 4.78 is 0. The molecule has 0 saturated carbocycles. The van der Waals surface area contributed by atoms with Crippen molar-refractivity contribution >= 4 is 5.69 Å². The third-order valence-electron chi connectivity index (χ3n) is 4.07. The molecule has 112 valence electrons. The lowest BCUT2D eigenvalue weighted by atomic mass is 10.0. The molecule has 0 bridgehead atoms. The Morgan fingerprint density at radius 3 is 2.35 bits per heavy atom. The van der Waals surface area contributed by atoms with Crippen molar-refractivity contribution in [1.82, 2.24) is 4.90 Å². The lowest BCUT2D eigenvalue weighted by molar-refractivity contribution is 0.198. The maximum Gasteiger partial charge on any atom is 0.0342 e. The van der Waals surface area contributed by atoms with Crippen molar-refractivity contribution in [2.75, 3.05) is 25.0 Å². The Balaban J connectivity index is 1.77. The fourth-order valence-corrected chi connectivity index (χ4v) is 3.07. The Labute approximate surface area is 124 Å². The van der Waals surface area contributed by atoms with E-state index in [0.717, 1.165) is 5.92 Å². The van der Waals surface area contributed by atoms with Gasteiger partial charge in [-0.05, 0) is 42.9 Å². The summed E-state index contributed by atoms with van der Waals surface area (Å²) in [6.45, 7) is 10.6. The van der Waals surface area contributed by atoms with Crippen molar-refractivity contribution < 1.29 is 0 Å². The summed E-state index contributed by atoms with van der Waals surface area (Å²) in [7, 11) is 0. The molecule has 1 aliphatic rings. The van der Waals surface area contributed by atoms with Crippen LogP contribution in [-0.4, -0.2) is 30.6 Å². The van der Waals surface area contributed by atoms with Crippen LogP contribution in [0.3, 0.4) is 0 Å². The van der Waals surface area contributed by atoms with E-state index in [9.17, 15) is 0 Å². The van der Waals surface area contributed by atoms with Gasteiger partial charge >= 0.3 is 0 Å². The van der Waals surface area contributed by atoms with Crippen LogP contribution in [0.1, 0.15) is 45.6 Å². The first-order valence-corrected chi connectivity index (χ1v) is 8.25. The molecule has 0 spiro atoms. The predicted octanol–water partition coefficient (Wildman–Crippen LogP) is 4.17. The lowest BCUT2D eigenvalue weighted by Gasteiger charge is -2.33. The van der Waals surface area contributed by atoms with E-state index in [-0.39, 0.29) is 0 Å². The summed E-state index contributed by atoms with van der Waals surface area (Å²) in [4.78, 5) is 2.60. The van der Waals surface area contributed by atoms with Crippen LogP contribution in [0.2, 0.25) is 0 Å². The van der Waals surface area contributed by atoms with E-state index >= 15 is 0 Å². The number of rotatable bonds is 6. The molecule has 2 heteroatoms. The Morgan fingerprint density at radius 2 is 1.80 bits per heavy atom. The summed E-state index contributed by atoms with van der Waals surface area (Å²) in [5.41, 5.74) is 2.73. The molecule has 2 nitrogen and oxygen atoms in total. The molecule has 1 heterocycles. The second-order valence-electron chi connectivity index (χ2n) is 6.56. The van der Waals surface area contributed by atoms with Gasteiger partial charge in [0, 0.05) is 31.4 Å². The Kier molecular flexibility index (Phi) is 5.90. The van der Waals surface area contributed by atoms with Gasteiger partial charge in [-0.25, -0.2) is 0 Å². The number of aryl methyl sites for hydroxylation is 1. The van der Waals surface area contributed by atoms with E-state index < -0.39 is 0 Å². The van der Waals surface area contributed by atoms with Crippen molar-refractivity contribution in [2.24, 2.45) is 5.92 Å². The average Bonchev–Trinajstić information content (AvgIpc) is 2.43. The predicted molar refractivity (Wildman–Crippen MR) is 88.4 cm³/mol. The fraction of sp³-hybridized carbons (Fsp3) is 0.667. The van der Waals surface area contributed by atoms with E-state index in [2.05, 4.69) is 55.3 Å². The van der Waals surface area contributed by atoms with Crippen LogP contribution in [0.15, 0.2) is 24.3 Å². The summed E-state index contributed by atoms with van der Waals surface area (Å²) in [5, 5.41) is 3.70. The van der Waals surface area contributed by atoms with Gasteiger partial charge in [-0.3, -0.25) is 0 Å². The number of likely N-dealkylation sites (tertiary alicyclic amines) is 1. The molecule has 1 aromatic carbocycles. The zero-order valence-corrected chi connectivity index (χ0v) is 13.4. The molecule has 1 fully saturated rings. The number of anilines is 1. The van der Waals surface area contributed by atoms with Gasteiger partial charge < -0.3 is 10.2 Å². The number of nitrogens with zero attached hydrogens (tertiary/aromatic N) is 1. The molecule has 1 N–H and O–H groups in total. The minimum absolute atomic E-state index is 0.649. The third kappa shape index (κ3) is 4.82. The summed E-state index contributed by atoms with van der Waals surface area (Å²) in [6.07, 6.45) is 4.95. The molecule has 2 rings (SSSR count). The van der Waals surface area contributed by atoms with Gasteiger partial charge in [-0.15, -0.1) is 0 Å². The van der Waals surface area contributed by atoms with Crippen LogP contribution in [-0.2, 0) is 6.42 Å². The molecule has 1 saturated heterocycles. The number of benzene rings is 1. The fourth-order valence-electron chi connectivity index (χ4n) is 3.07. The van der Waals surface area contributed by atoms with Crippen LogP contribution in [0.4, 0.5) is 5.69 Å². The van der Waals surface area contributed by atoms with E-state index in [0.29, 0.717) is 6.04 Å². The summed E-state index contributed by atoms with van der Waals surface area (Å²) in [6, 6.07) is 9.66. The quantitative estimate of drug-likeness (QED) is 0.837. The van der Waals surface area contributed by atoms with Crippen molar-refractivity contribution in [2.45, 2.75) is 52.5 Å². The summed E-state index contributed by atoms with van der Waals surface area (Å²) >= 11 is 0. The number of piperidine rings is 1. The summed E-state index contributed by atoms with van der Waals surface area (Å²) in [5.74, 6) is 0.783. The highest BCUT2D eigenvalue weighted by Crippen LogP contribution is 2.18. The molecule has 1 aromatic rings. The molecule has 0 unspecified atom stereocenters. The second-order valence-corrected chi connectivity index (χ2v) is 6.56. The van der Waals surface area contributed by atoms with Gasteiger partial charge in [0.15, 0.2) is 0 Å². The molecule has 1 aliphatic heterocycles. The molecule has 0 amide bonds. The van der Waals surface area contributed by atoms with Gasteiger partial charge in [-0.2, -0.15) is 0 Å². The van der Waals surface area contributed by atoms with Gasteiger partial charge in [0.25, 0.3) is 0 Å². The Bertz CT molecular complexity index is 375. The largest absolute Gasteiger partial charge is 0.382 e. The third-order valence-corrected chi connectivity index (χ3v) is 4.07. The normalized spacial score (nSPS) is 17.6. The number of hydrogen-bond donors (Lipinski definition) is 1. The molecule has 0 aliphatic carbocycles. The van der Waals surface area contributed by atoms with E-state index in [1.165, 1.54) is 56.6 Å². The highest BCUT2D eigenvalue weighted by molar-refractivity contribution is 5.45. The van der Waals surface area contributed by atoms with Crippen LogP contribution in [0, 0.1) is 5.92 Å². The van der Waals surface area contributed by atoms with Crippen LogP contribution in [0.25, 0.3) is 0 Å². The molecule has 0 aromatic heterocycles. The molecule has 0 atom stereocenters. The first-order valence-electron chi connectivity index (χ1n) is 8.25. The average molecular weight is 274 g/mol. The maximum absolute atomic E-state index is 3.70. The number of nitrogens with one attached hydrogen (secondary N) is 1. The zero-order chi connectivity index (χ0) is 14.4. The zero-order valence-electron chi connectivity index (χ0n) is 13.4. The molecular formula is C18H30N2. The van der Waals surface area contributed by atoms with Crippen molar-refractivity contribution in [3.63, 3.8) is 0 Å². The lowest BCUT2D eigenvalue weighted by Crippen LogP contribution is -2.40.